The molecule has 3 aromatic rings. The number of hydrogen-bond donors (Lipinski definition) is 1. The molecule has 31 heavy (non-hydrogen) atoms. The van der Waals surface area contributed by atoms with Crippen molar-refractivity contribution in [2.45, 2.75) is 25.4 Å². The lowest BCUT2D eigenvalue weighted by Crippen LogP contribution is -2.44. The zero-order chi connectivity index (χ0) is 22.4. The van der Waals surface area contributed by atoms with E-state index in [0.717, 1.165) is 17.4 Å². The first-order valence-electron chi connectivity index (χ1n) is 9.91. The van der Waals surface area contributed by atoms with Gasteiger partial charge in [0, 0.05) is 38.2 Å². The summed E-state index contributed by atoms with van der Waals surface area (Å²) >= 11 is 6.31. The van der Waals surface area contributed by atoms with Gasteiger partial charge in [-0.1, -0.05) is 11.6 Å². The third-order valence-corrected chi connectivity index (χ3v) is 6.20. The van der Waals surface area contributed by atoms with Crippen LogP contribution in [0.1, 0.15) is 24.0 Å². The Labute approximate surface area is 182 Å². The maximum Gasteiger partial charge on any atom is 0.331 e. The van der Waals surface area contributed by atoms with Crippen LogP contribution in [0.2, 0.25) is 5.02 Å². The van der Waals surface area contributed by atoms with Crippen LogP contribution in [-0.2, 0) is 20.6 Å². The molecule has 162 valence electrons. The topological polar surface area (TPSA) is 102 Å². The molecule has 0 amide bonds. The molecular formula is C21H22ClFN6O2. The summed E-state index contributed by atoms with van der Waals surface area (Å²) in [6, 6.07) is 6.11. The number of benzene rings is 1. The molecule has 0 radical (unpaired) electrons. The number of aromatic nitrogens is 3. The Morgan fingerprint density at radius 1 is 1.26 bits per heavy atom. The largest absolute Gasteiger partial charge is 0.355 e. The number of nitrogens with zero attached hydrogens (tertiary/aromatic N) is 5. The summed E-state index contributed by atoms with van der Waals surface area (Å²) in [5, 5.41) is 10.4. The predicted molar refractivity (Wildman–Crippen MR) is 117 cm³/mol. The fraction of sp³-hybridized carbons (Fsp3) is 0.381. The Hall–Kier alpha value is -3.09. The van der Waals surface area contributed by atoms with Crippen molar-refractivity contribution in [1.82, 2.24) is 13.7 Å². The van der Waals surface area contributed by atoms with E-state index in [0.29, 0.717) is 29.5 Å². The number of halogens is 2. The second-order valence-electron chi connectivity index (χ2n) is 7.88. The third kappa shape index (κ3) is 3.42. The summed E-state index contributed by atoms with van der Waals surface area (Å²) < 4.78 is 17.9. The molecule has 10 heteroatoms. The van der Waals surface area contributed by atoms with Crippen molar-refractivity contribution in [3.05, 3.63) is 61.0 Å². The molecule has 1 fully saturated rings. The van der Waals surface area contributed by atoms with Crippen LogP contribution in [0, 0.1) is 17.1 Å². The summed E-state index contributed by atoms with van der Waals surface area (Å²) in [6.07, 6.45) is 1.68. The summed E-state index contributed by atoms with van der Waals surface area (Å²) in [7, 11) is 2.91. The molecule has 0 spiro atoms. The van der Waals surface area contributed by atoms with Crippen molar-refractivity contribution in [2.75, 3.05) is 18.0 Å². The van der Waals surface area contributed by atoms with Crippen molar-refractivity contribution >= 4 is 28.5 Å². The van der Waals surface area contributed by atoms with E-state index in [-0.39, 0.29) is 29.2 Å². The fourth-order valence-electron chi connectivity index (χ4n) is 4.33. The summed E-state index contributed by atoms with van der Waals surface area (Å²) in [5.41, 5.74) is 6.23. The normalized spacial score (nSPS) is 16.6. The molecule has 1 aliphatic rings. The highest BCUT2D eigenvalue weighted by atomic mass is 35.5. The van der Waals surface area contributed by atoms with Crippen molar-refractivity contribution in [3.63, 3.8) is 0 Å². The van der Waals surface area contributed by atoms with E-state index < -0.39 is 17.1 Å². The third-order valence-electron chi connectivity index (χ3n) is 5.83. The van der Waals surface area contributed by atoms with Crippen molar-refractivity contribution in [2.24, 2.45) is 19.8 Å². The lowest BCUT2D eigenvalue weighted by molar-refractivity contribution is 0.498. The van der Waals surface area contributed by atoms with Gasteiger partial charge < -0.3 is 15.2 Å². The van der Waals surface area contributed by atoms with E-state index in [1.165, 1.54) is 36.9 Å². The van der Waals surface area contributed by atoms with Gasteiger partial charge in [0.25, 0.3) is 5.56 Å². The molecule has 1 aliphatic heterocycles. The number of piperidine rings is 1. The van der Waals surface area contributed by atoms with Gasteiger partial charge in [0.05, 0.1) is 12.1 Å². The predicted octanol–water partition coefficient (Wildman–Crippen LogP) is 1.68. The van der Waals surface area contributed by atoms with Crippen molar-refractivity contribution in [1.29, 1.82) is 5.26 Å². The van der Waals surface area contributed by atoms with E-state index in [2.05, 4.69) is 6.07 Å². The maximum absolute atomic E-state index is 13.9. The summed E-state index contributed by atoms with van der Waals surface area (Å²) in [4.78, 5) is 27.7. The van der Waals surface area contributed by atoms with Crippen LogP contribution < -0.4 is 21.9 Å². The van der Waals surface area contributed by atoms with Gasteiger partial charge in [-0.2, -0.15) is 5.26 Å². The standard InChI is InChI=1S/C21H22ClFN6O2/c1-26-17-15(9-24)19(28-7-3-4-14(25)11-28)29(18(17)20(30)27(2)21(26)31)10-12-8-13(23)5-6-16(12)22/h5-6,8,14H,3-4,7,10-11,25H2,1-2H3/t14-/m1/s1. The van der Waals surface area contributed by atoms with Crippen molar-refractivity contribution in [3.8, 4) is 6.07 Å². The average Bonchev–Trinajstić information content (AvgIpc) is 3.07. The number of rotatable bonds is 3. The van der Waals surface area contributed by atoms with Crippen LogP contribution in [-0.4, -0.2) is 32.8 Å². The quantitative estimate of drug-likeness (QED) is 0.662. The van der Waals surface area contributed by atoms with Crippen LogP contribution >= 0.6 is 11.6 Å². The van der Waals surface area contributed by atoms with Gasteiger partial charge in [-0.3, -0.25) is 13.9 Å². The smallest absolute Gasteiger partial charge is 0.331 e. The maximum atomic E-state index is 13.9. The Balaban J connectivity index is 2.10. The number of aryl methyl sites for hydroxylation is 1. The zero-order valence-electron chi connectivity index (χ0n) is 17.2. The Bertz CT molecular complexity index is 1350. The van der Waals surface area contributed by atoms with Crippen LogP contribution in [0.25, 0.3) is 11.0 Å². The first-order valence-corrected chi connectivity index (χ1v) is 10.3. The molecule has 8 nitrogen and oxygen atoms in total. The van der Waals surface area contributed by atoms with Crippen LogP contribution in [0.3, 0.4) is 0 Å². The van der Waals surface area contributed by atoms with Gasteiger partial charge in [-0.15, -0.1) is 0 Å². The van der Waals surface area contributed by atoms with Crippen molar-refractivity contribution < 1.29 is 4.39 Å². The van der Waals surface area contributed by atoms with Gasteiger partial charge >= 0.3 is 5.69 Å². The SMILES string of the molecule is Cn1c(=O)c2c(c(C#N)c(N3CCC[C@@H](N)C3)n2Cc2cc(F)ccc2Cl)n(C)c1=O. The molecule has 3 heterocycles. The number of nitriles is 1. The summed E-state index contributed by atoms with van der Waals surface area (Å²) in [6.45, 7) is 1.20. The second-order valence-corrected chi connectivity index (χ2v) is 8.29. The average molecular weight is 445 g/mol. The van der Waals surface area contributed by atoms with Gasteiger partial charge in [-0.05, 0) is 36.6 Å². The van der Waals surface area contributed by atoms with Crippen LogP contribution in [0.5, 0.6) is 0 Å². The molecular weight excluding hydrogens is 423 g/mol. The van der Waals surface area contributed by atoms with Gasteiger partial charge in [0.15, 0.2) is 0 Å². The summed E-state index contributed by atoms with van der Waals surface area (Å²) in [5.74, 6) is 0.0319. The first-order chi connectivity index (χ1) is 14.7. The Morgan fingerprint density at radius 3 is 2.68 bits per heavy atom. The number of hydrogen-bond acceptors (Lipinski definition) is 5. The minimum absolute atomic E-state index is 0.0588. The monoisotopic (exact) mass is 444 g/mol. The molecule has 2 aromatic heterocycles. The Morgan fingerprint density at radius 2 is 2.00 bits per heavy atom. The van der Waals surface area contributed by atoms with E-state index in [1.54, 1.807) is 4.57 Å². The number of nitrogens with two attached hydrogens (primary N) is 1. The van der Waals surface area contributed by atoms with Gasteiger partial charge in [0.1, 0.15) is 28.8 Å². The Kier molecular flexibility index (Phi) is 5.37. The number of fused-ring (bicyclic) bond motifs is 1. The highest BCUT2D eigenvalue weighted by Gasteiger charge is 2.29. The van der Waals surface area contributed by atoms with Crippen LogP contribution in [0.15, 0.2) is 27.8 Å². The highest BCUT2D eigenvalue weighted by Crippen LogP contribution is 2.33. The molecule has 4 rings (SSSR count). The van der Waals surface area contributed by atoms with Crippen LogP contribution in [0.4, 0.5) is 10.2 Å². The minimum atomic E-state index is -0.533. The molecule has 1 atom stereocenters. The lowest BCUT2D eigenvalue weighted by atomic mass is 10.1. The molecule has 0 unspecified atom stereocenters. The minimum Gasteiger partial charge on any atom is -0.355 e. The molecule has 1 saturated heterocycles. The lowest BCUT2D eigenvalue weighted by Gasteiger charge is -2.33. The zero-order valence-corrected chi connectivity index (χ0v) is 18.0. The highest BCUT2D eigenvalue weighted by molar-refractivity contribution is 6.31. The molecule has 0 aliphatic carbocycles. The molecule has 1 aromatic carbocycles. The van der Waals surface area contributed by atoms with E-state index in [1.807, 2.05) is 4.90 Å². The first kappa shape index (κ1) is 21.2. The molecule has 0 bridgehead atoms. The fourth-order valence-corrected chi connectivity index (χ4v) is 4.50. The van der Waals surface area contributed by atoms with E-state index in [9.17, 15) is 19.2 Å². The second kappa shape index (κ2) is 7.87. The van der Waals surface area contributed by atoms with Gasteiger partial charge in [-0.25, -0.2) is 9.18 Å². The van der Waals surface area contributed by atoms with Gasteiger partial charge in [0.2, 0.25) is 0 Å². The van der Waals surface area contributed by atoms with E-state index >= 15 is 0 Å². The molecule has 2 N–H and O–H groups in total. The number of anilines is 1. The van der Waals surface area contributed by atoms with E-state index in [4.69, 9.17) is 17.3 Å². The molecule has 0 saturated carbocycles.